The number of benzene rings is 2. The summed E-state index contributed by atoms with van der Waals surface area (Å²) in [6.07, 6.45) is 1.97. The first-order valence-electron chi connectivity index (χ1n) is 8.17. The summed E-state index contributed by atoms with van der Waals surface area (Å²) in [5, 5.41) is 0. The molecule has 1 N–H and O–H groups in total. The summed E-state index contributed by atoms with van der Waals surface area (Å²) >= 11 is 1.64. The third kappa shape index (κ3) is 5.86. The van der Waals surface area contributed by atoms with Gasteiger partial charge in [-0.25, -0.2) is 13.1 Å². The second-order valence-electron chi connectivity index (χ2n) is 5.93. The molecule has 0 aromatic heterocycles. The van der Waals surface area contributed by atoms with Gasteiger partial charge in [-0.3, -0.25) is 4.79 Å². The zero-order valence-electron chi connectivity index (χ0n) is 15.1. The smallest absolute Gasteiger partial charge is 0.307 e. The van der Waals surface area contributed by atoms with Crippen LogP contribution in [0.4, 0.5) is 0 Å². The number of aryl methyl sites for hydroxylation is 2. The third-order valence-electron chi connectivity index (χ3n) is 3.81. The summed E-state index contributed by atoms with van der Waals surface area (Å²) < 4.78 is 32.4. The van der Waals surface area contributed by atoms with E-state index in [4.69, 9.17) is 4.74 Å². The Kier molecular flexibility index (Phi) is 7.25. The van der Waals surface area contributed by atoms with Gasteiger partial charge in [0.25, 0.3) is 0 Å². The lowest BCUT2D eigenvalue weighted by Gasteiger charge is -2.10. The van der Waals surface area contributed by atoms with E-state index in [1.54, 1.807) is 30.8 Å². The van der Waals surface area contributed by atoms with E-state index in [1.165, 1.54) is 0 Å². The predicted molar refractivity (Wildman–Crippen MR) is 104 cm³/mol. The molecular formula is C19H23NO4S2. The van der Waals surface area contributed by atoms with Crippen molar-refractivity contribution in [3.05, 3.63) is 59.2 Å². The second kappa shape index (κ2) is 9.21. The van der Waals surface area contributed by atoms with E-state index in [0.29, 0.717) is 5.56 Å². The lowest BCUT2D eigenvalue weighted by atomic mass is 10.2. The van der Waals surface area contributed by atoms with Gasteiger partial charge in [-0.2, -0.15) is 0 Å². The van der Waals surface area contributed by atoms with Gasteiger partial charge in [0.1, 0.15) is 6.61 Å². The monoisotopic (exact) mass is 393 g/mol. The zero-order chi connectivity index (χ0) is 19.2. The fourth-order valence-electron chi connectivity index (χ4n) is 2.32. The van der Waals surface area contributed by atoms with Crippen molar-refractivity contribution in [2.24, 2.45) is 0 Å². The number of nitrogens with one attached hydrogen (secondary N) is 1. The summed E-state index contributed by atoms with van der Waals surface area (Å²) in [5.41, 5.74) is 2.43. The molecule has 0 aliphatic rings. The number of carbonyl (C=O) groups excluding carboxylic acids is 1. The highest BCUT2D eigenvalue weighted by atomic mass is 32.2. The maximum atomic E-state index is 12.4. The van der Waals surface area contributed by atoms with E-state index in [1.807, 2.05) is 43.5 Å². The van der Waals surface area contributed by atoms with E-state index in [2.05, 4.69) is 4.72 Å². The summed E-state index contributed by atoms with van der Waals surface area (Å²) in [5.74, 6) is -0.442. The average molecular weight is 394 g/mol. The van der Waals surface area contributed by atoms with Crippen molar-refractivity contribution in [1.29, 1.82) is 0 Å². The molecule has 5 nitrogen and oxygen atoms in total. The molecule has 2 aromatic rings. The Morgan fingerprint density at radius 1 is 1.12 bits per heavy atom. The van der Waals surface area contributed by atoms with E-state index >= 15 is 0 Å². The molecule has 0 atom stereocenters. The van der Waals surface area contributed by atoms with E-state index < -0.39 is 16.0 Å². The zero-order valence-corrected chi connectivity index (χ0v) is 16.7. The Balaban J connectivity index is 1.82. The molecule has 0 aliphatic carbocycles. The molecule has 7 heteroatoms. The number of hydrogen-bond acceptors (Lipinski definition) is 5. The van der Waals surface area contributed by atoms with Gasteiger partial charge in [0.2, 0.25) is 10.0 Å². The molecule has 0 saturated heterocycles. The largest absolute Gasteiger partial charge is 0.461 e. The number of rotatable bonds is 8. The highest BCUT2D eigenvalue weighted by molar-refractivity contribution is 7.98. The minimum atomic E-state index is -3.64. The van der Waals surface area contributed by atoms with Crippen LogP contribution in [-0.4, -0.2) is 27.2 Å². The maximum Gasteiger partial charge on any atom is 0.307 e. The molecule has 0 spiro atoms. The van der Waals surface area contributed by atoms with Crippen LogP contribution in [0.15, 0.2) is 52.3 Å². The fraction of sp³-hybridized carbons (Fsp3) is 0.316. The Hall–Kier alpha value is -1.83. The van der Waals surface area contributed by atoms with Gasteiger partial charge in [0, 0.05) is 11.4 Å². The lowest BCUT2D eigenvalue weighted by molar-refractivity contribution is -0.144. The van der Waals surface area contributed by atoms with Crippen LogP contribution in [0.25, 0.3) is 0 Å². The van der Waals surface area contributed by atoms with E-state index in [-0.39, 0.29) is 24.5 Å². The first-order chi connectivity index (χ1) is 12.3. The van der Waals surface area contributed by atoms with Gasteiger partial charge in [-0.1, -0.05) is 24.3 Å². The van der Waals surface area contributed by atoms with Crippen molar-refractivity contribution >= 4 is 27.8 Å². The fourth-order valence-corrected chi connectivity index (χ4v) is 4.09. The van der Waals surface area contributed by atoms with Crippen molar-refractivity contribution < 1.29 is 17.9 Å². The topological polar surface area (TPSA) is 72.5 Å². The molecule has 140 valence electrons. The molecule has 0 saturated carbocycles. The molecule has 0 amide bonds. The molecule has 0 bridgehead atoms. The van der Waals surface area contributed by atoms with Crippen LogP contribution in [0, 0.1) is 13.8 Å². The summed E-state index contributed by atoms with van der Waals surface area (Å²) in [6.45, 7) is 3.75. The Labute approximate surface area is 159 Å². The molecule has 0 radical (unpaired) electrons. The van der Waals surface area contributed by atoms with Crippen LogP contribution in [-0.2, 0) is 26.2 Å². The quantitative estimate of drug-likeness (QED) is 0.549. The van der Waals surface area contributed by atoms with Gasteiger partial charge in [-0.05, 0) is 55.0 Å². The molecule has 0 heterocycles. The van der Waals surface area contributed by atoms with Crippen molar-refractivity contribution in [3.63, 3.8) is 0 Å². The van der Waals surface area contributed by atoms with Crippen molar-refractivity contribution in [1.82, 2.24) is 4.72 Å². The van der Waals surface area contributed by atoms with Crippen molar-refractivity contribution in [2.45, 2.75) is 36.7 Å². The number of sulfonamides is 1. The van der Waals surface area contributed by atoms with Gasteiger partial charge in [0.15, 0.2) is 0 Å². The Morgan fingerprint density at radius 2 is 1.81 bits per heavy atom. The number of hydrogen-bond donors (Lipinski definition) is 1. The SMILES string of the molecule is CSc1ccc(COC(=O)CCNS(=O)(=O)c2cc(C)ccc2C)cc1. The highest BCUT2D eigenvalue weighted by Crippen LogP contribution is 2.17. The summed E-state index contributed by atoms with van der Waals surface area (Å²) in [4.78, 5) is 13.2. The Morgan fingerprint density at radius 3 is 2.46 bits per heavy atom. The second-order valence-corrected chi connectivity index (χ2v) is 8.54. The lowest BCUT2D eigenvalue weighted by Crippen LogP contribution is -2.27. The maximum absolute atomic E-state index is 12.4. The van der Waals surface area contributed by atoms with E-state index in [0.717, 1.165) is 16.0 Å². The molecule has 0 fully saturated rings. The van der Waals surface area contributed by atoms with Gasteiger partial charge < -0.3 is 4.74 Å². The van der Waals surface area contributed by atoms with Crippen molar-refractivity contribution in [3.8, 4) is 0 Å². The first kappa shape index (κ1) is 20.5. The first-order valence-corrected chi connectivity index (χ1v) is 10.9. The highest BCUT2D eigenvalue weighted by Gasteiger charge is 2.17. The van der Waals surface area contributed by atoms with Gasteiger partial charge >= 0.3 is 5.97 Å². The van der Waals surface area contributed by atoms with Crippen LogP contribution < -0.4 is 4.72 Å². The number of thioether (sulfide) groups is 1. The van der Waals surface area contributed by atoms with Crippen molar-refractivity contribution in [2.75, 3.05) is 12.8 Å². The van der Waals surface area contributed by atoms with E-state index in [9.17, 15) is 13.2 Å². The average Bonchev–Trinajstić information content (AvgIpc) is 2.62. The molecule has 26 heavy (non-hydrogen) atoms. The van der Waals surface area contributed by atoms with Crippen LogP contribution in [0.3, 0.4) is 0 Å². The molecule has 0 unspecified atom stereocenters. The van der Waals surface area contributed by atoms with Crippen LogP contribution >= 0.6 is 11.8 Å². The minimum absolute atomic E-state index is 0.0000386. The Bertz CT molecular complexity index is 862. The number of carbonyl (C=O) groups is 1. The third-order valence-corrected chi connectivity index (χ3v) is 6.16. The predicted octanol–water partition coefficient (Wildman–Crippen LogP) is 3.44. The molecule has 2 rings (SSSR count). The van der Waals surface area contributed by atoms with Gasteiger partial charge in [-0.15, -0.1) is 11.8 Å². The molecule has 2 aromatic carbocycles. The number of esters is 1. The minimum Gasteiger partial charge on any atom is -0.461 e. The van der Waals surface area contributed by atoms with Crippen LogP contribution in [0.5, 0.6) is 0 Å². The summed E-state index contributed by atoms with van der Waals surface area (Å²) in [7, 11) is -3.64. The summed E-state index contributed by atoms with van der Waals surface area (Å²) in [6, 6.07) is 13.0. The molecular weight excluding hydrogens is 370 g/mol. The molecule has 0 aliphatic heterocycles. The number of ether oxygens (including phenoxy) is 1. The van der Waals surface area contributed by atoms with Crippen LogP contribution in [0.1, 0.15) is 23.1 Å². The normalized spacial score (nSPS) is 11.3. The standard InChI is InChI=1S/C19H23NO4S2/c1-14-4-5-15(2)18(12-14)26(22,23)20-11-10-19(21)24-13-16-6-8-17(25-3)9-7-16/h4-9,12,20H,10-11,13H2,1-3H3. The van der Waals surface area contributed by atoms with Crippen LogP contribution in [0.2, 0.25) is 0 Å². The van der Waals surface area contributed by atoms with Gasteiger partial charge in [0.05, 0.1) is 11.3 Å².